The highest BCUT2D eigenvalue weighted by molar-refractivity contribution is 6.32. The van der Waals surface area contributed by atoms with Crippen LogP contribution in [0.3, 0.4) is 0 Å². The molecule has 0 saturated heterocycles. The van der Waals surface area contributed by atoms with E-state index in [1.165, 1.54) is 24.6 Å². The van der Waals surface area contributed by atoms with Crippen molar-refractivity contribution in [3.63, 3.8) is 0 Å². The SMILES string of the molecule is Cc1nn(-c2ccccc2)c(Cl)c1/C=N/NC(=O)CNC(=O)/C=C/c1ccco1. The summed E-state index contributed by atoms with van der Waals surface area (Å²) in [5, 5.41) is 11.1. The molecule has 0 aliphatic carbocycles. The number of hydrazone groups is 1. The summed E-state index contributed by atoms with van der Waals surface area (Å²) in [7, 11) is 0. The third kappa shape index (κ3) is 5.43. The van der Waals surface area contributed by atoms with Crippen molar-refractivity contribution in [3.8, 4) is 5.69 Å². The minimum atomic E-state index is -0.481. The third-order valence-electron chi connectivity index (χ3n) is 3.80. The van der Waals surface area contributed by atoms with Gasteiger partial charge >= 0.3 is 0 Å². The number of nitrogens with zero attached hydrogens (tertiary/aromatic N) is 3. The molecule has 0 spiro atoms. The van der Waals surface area contributed by atoms with Gasteiger partial charge in [-0.15, -0.1) is 0 Å². The van der Waals surface area contributed by atoms with E-state index >= 15 is 0 Å². The van der Waals surface area contributed by atoms with Gasteiger partial charge in [-0.2, -0.15) is 10.2 Å². The Kier molecular flexibility index (Phi) is 6.59. The van der Waals surface area contributed by atoms with Gasteiger partial charge in [-0.05, 0) is 37.3 Å². The molecule has 0 aliphatic rings. The Morgan fingerprint density at radius 3 is 2.76 bits per heavy atom. The molecule has 0 fully saturated rings. The highest BCUT2D eigenvalue weighted by atomic mass is 35.5. The molecule has 1 aromatic carbocycles. The molecule has 148 valence electrons. The molecule has 0 atom stereocenters. The van der Waals surface area contributed by atoms with E-state index < -0.39 is 11.8 Å². The molecule has 29 heavy (non-hydrogen) atoms. The van der Waals surface area contributed by atoms with Gasteiger partial charge in [0.05, 0.1) is 36.0 Å². The fourth-order valence-electron chi connectivity index (χ4n) is 2.38. The number of hydrogen-bond acceptors (Lipinski definition) is 5. The number of furan rings is 1. The molecular formula is C20H18ClN5O3. The summed E-state index contributed by atoms with van der Waals surface area (Å²) in [5.41, 5.74) is 4.40. The Morgan fingerprint density at radius 1 is 1.24 bits per heavy atom. The van der Waals surface area contributed by atoms with Crippen LogP contribution in [0.15, 0.2) is 64.3 Å². The molecule has 0 radical (unpaired) electrons. The predicted molar refractivity (Wildman–Crippen MR) is 110 cm³/mol. The second kappa shape index (κ2) is 9.52. The highest BCUT2D eigenvalue weighted by Crippen LogP contribution is 2.21. The minimum absolute atomic E-state index is 0.228. The zero-order valence-electron chi connectivity index (χ0n) is 15.5. The van der Waals surface area contributed by atoms with Crippen molar-refractivity contribution in [1.29, 1.82) is 0 Å². The molecule has 8 nitrogen and oxygen atoms in total. The van der Waals surface area contributed by atoms with Crippen molar-refractivity contribution in [3.05, 3.63) is 77.0 Å². The van der Waals surface area contributed by atoms with Crippen LogP contribution in [0.5, 0.6) is 0 Å². The molecule has 9 heteroatoms. The number of amides is 2. The Bertz CT molecular complexity index is 1040. The molecule has 3 rings (SSSR count). The Hall–Kier alpha value is -3.65. The number of rotatable bonds is 7. The van der Waals surface area contributed by atoms with E-state index in [-0.39, 0.29) is 6.54 Å². The maximum Gasteiger partial charge on any atom is 0.259 e. The zero-order chi connectivity index (χ0) is 20.6. The van der Waals surface area contributed by atoms with Gasteiger partial charge in [-0.3, -0.25) is 9.59 Å². The number of carbonyl (C=O) groups is 2. The molecule has 0 bridgehead atoms. The van der Waals surface area contributed by atoms with Crippen molar-refractivity contribution in [2.75, 3.05) is 6.54 Å². The number of halogens is 1. The standard InChI is InChI=1S/C20H18ClN5O3/c1-14-17(20(21)26(25-14)15-6-3-2-4-7-15)12-23-24-19(28)13-22-18(27)10-9-16-8-5-11-29-16/h2-12H,13H2,1H3,(H,22,27)(H,24,28)/b10-9+,23-12+. The Balaban J connectivity index is 1.52. The van der Waals surface area contributed by atoms with Crippen molar-refractivity contribution in [2.45, 2.75) is 6.92 Å². The fraction of sp³-hybridized carbons (Fsp3) is 0.100. The van der Waals surface area contributed by atoms with E-state index in [1.807, 2.05) is 30.3 Å². The van der Waals surface area contributed by atoms with Crippen molar-refractivity contribution < 1.29 is 14.0 Å². The quantitative estimate of drug-likeness (QED) is 0.354. The van der Waals surface area contributed by atoms with Crippen LogP contribution in [0.4, 0.5) is 0 Å². The van der Waals surface area contributed by atoms with Crippen LogP contribution in [0.2, 0.25) is 5.15 Å². The first-order chi connectivity index (χ1) is 14.0. The Morgan fingerprint density at radius 2 is 2.03 bits per heavy atom. The van der Waals surface area contributed by atoms with E-state index in [4.69, 9.17) is 16.0 Å². The largest absolute Gasteiger partial charge is 0.465 e. The molecule has 0 unspecified atom stereocenters. The minimum Gasteiger partial charge on any atom is -0.465 e. The first-order valence-electron chi connectivity index (χ1n) is 8.66. The van der Waals surface area contributed by atoms with Crippen molar-refractivity contribution in [2.24, 2.45) is 5.10 Å². The van der Waals surface area contributed by atoms with Crippen LogP contribution in [-0.2, 0) is 9.59 Å². The molecule has 2 N–H and O–H groups in total. The number of carbonyl (C=O) groups excluding carboxylic acids is 2. The van der Waals surface area contributed by atoms with E-state index in [1.54, 1.807) is 23.7 Å². The van der Waals surface area contributed by atoms with E-state index in [0.717, 1.165) is 5.69 Å². The zero-order valence-corrected chi connectivity index (χ0v) is 16.3. The molecular weight excluding hydrogens is 394 g/mol. The van der Waals surface area contributed by atoms with Crippen molar-refractivity contribution in [1.82, 2.24) is 20.5 Å². The predicted octanol–water partition coefficient (Wildman–Crippen LogP) is 2.71. The van der Waals surface area contributed by atoms with Gasteiger partial charge in [-0.1, -0.05) is 29.8 Å². The summed E-state index contributed by atoms with van der Waals surface area (Å²) in [4.78, 5) is 23.5. The van der Waals surface area contributed by atoms with Gasteiger partial charge < -0.3 is 9.73 Å². The second-order valence-electron chi connectivity index (χ2n) is 5.90. The van der Waals surface area contributed by atoms with Crippen LogP contribution < -0.4 is 10.7 Å². The number of aryl methyl sites for hydroxylation is 1. The number of aromatic nitrogens is 2. The number of hydrogen-bond donors (Lipinski definition) is 2. The lowest BCUT2D eigenvalue weighted by molar-refractivity contribution is -0.123. The average molecular weight is 412 g/mol. The maximum absolute atomic E-state index is 11.8. The normalized spacial score (nSPS) is 11.2. The highest BCUT2D eigenvalue weighted by Gasteiger charge is 2.13. The van der Waals surface area contributed by atoms with E-state index in [9.17, 15) is 9.59 Å². The average Bonchev–Trinajstić information content (AvgIpc) is 3.34. The molecule has 0 saturated carbocycles. The summed E-state index contributed by atoms with van der Waals surface area (Å²) in [6, 6.07) is 12.8. The lowest BCUT2D eigenvalue weighted by atomic mass is 10.3. The van der Waals surface area contributed by atoms with Crippen LogP contribution in [0.25, 0.3) is 11.8 Å². The Labute approximate surface area is 171 Å². The lowest BCUT2D eigenvalue weighted by Crippen LogP contribution is -2.34. The molecule has 3 aromatic rings. The van der Waals surface area contributed by atoms with Gasteiger partial charge in [0.1, 0.15) is 10.9 Å². The molecule has 2 heterocycles. The summed E-state index contributed by atoms with van der Waals surface area (Å²) in [6.07, 6.45) is 5.69. The monoisotopic (exact) mass is 411 g/mol. The van der Waals surface area contributed by atoms with Gasteiger partial charge in [0.15, 0.2) is 0 Å². The summed E-state index contributed by atoms with van der Waals surface area (Å²) >= 11 is 6.38. The molecule has 2 aromatic heterocycles. The topological polar surface area (TPSA) is 102 Å². The van der Waals surface area contributed by atoms with Crippen LogP contribution in [0.1, 0.15) is 17.0 Å². The van der Waals surface area contributed by atoms with Gasteiger partial charge in [0, 0.05) is 6.08 Å². The second-order valence-corrected chi connectivity index (χ2v) is 6.25. The molecule has 0 aliphatic heterocycles. The number of benzene rings is 1. The van der Waals surface area contributed by atoms with E-state index in [2.05, 4.69) is 20.9 Å². The van der Waals surface area contributed by atoms with Gasteiger partial charge in [-0.25, -0.2) is 10.1 Å². The smallest absolute Gasteiger partial charge is 0.259 e. The molecule has 2 amide bonds. The van der Waals surface area contributed by atoms with Gasteiger partial charge in [0.25, 0.3) is 5.91 Å². The lowest BCUT2D eigenvalue weighted by Gasteiger charge is -2.02. The van der Waals surface area contributed by atoms with Crippen LogP contribution >= 0.6 is 11.6 Å². The fourth-order valence-corrected chi connectivity index (χ4v) is 2.70. The summed E-state index contributed by atoms with van der Waals surface area (Å²) in [6.45, 7) is 1.56. The maximum atomic E-state index is 11.8. The summed E-state index contributed by atoms with van der Waals surface area (Å²) in [5.74, 6) is -0.369. The van der Waals surface area contributed by atoms with E-state index in [0.29, 0.717) is 22.2 Å². The van der Waals surface area contributed by atoms with Crippen LogP contribution in [-0.4, -0.2) is 34.4 Å². The first-order valence-corrected chi connectivity index (χ1v) is 9.04. The van der Waals surface area contributed by atoms with Crippen LogP contribution in [0, 0.1) is 6.92 Å². The summed E-state index contributed by atoms with van der Waals surface area (Å²) < 4.78 is 6.66. The first kappa shape index (κ1) is 20.1. The van der Waals surface area contributed by atoms with Gasteiger partial charge in [0.2, 0.25) is 5.91 Å². The van der Waals surface area contributed by atoms with Crippen molar-refractivity contribution >= 4 is 35.7 Å². The number of para-hydroxylation sites is 1. The number of nitrogens with one attached hydrogen (secondary N) is 2. The third-order valence-corrected chi connectivity index (χ3v) is 4.16.